The number of benzene rings is 1. The quantitative estimate of drug-likeness (QED) is 0.895. The Morgan fingerprint density at radius 1 is 1.53 bits per heavy atom. The molecule has 0 amide bonds. The van der Waals surface area contributed by atoms with Crippen LogP contribution in [0.4, 0.5) is 0 Å². The van der Waals surface area contributed by atoms with Crippen LogP contribution in [0.15, 0.2) is 22.7 Å². The topological polar surface area (TPSA) is 55.8 Å². The lowest BCUT2D eigenvalue weighted by Crippen LogP contribution is -2.04. The Labute approximate surface area is 95.9 Å². The Kier molecular flexibility index (Phi) is 4.42. The van der Waals surface area contributed by atoms with Crippen molar-refractivity contribution < 1.29 is 19.4 Å². The van der Waals surface area contributed by atoms with Gasteiger partial charge in [-0.2, -0.15) is 0 Å². The molecular formula is C10H11BrO4. The van der Waals surface area contributed by atoms with Crippen LogP contribution in [0.1, 0.15) is 6.42 Å². The molecule has 15 heavy (non-hydrogen) atoms. The summed E-state index contributed by atoms with van der Waals surface area (Å²) in [7, 11) is 1.57. The smallest absolute Gasteiger partial charge is 0.306 e. The first-order chi connectivity index (χ1) is 7.13. The number of hydrogen-bond donors (Lipinski definition) is 1. The molecule has 1 rings (SSSR count). The summed E-state index contributed by atoms with van der Waals surface area (Å²) in [6.45, 7) is 0.161. The van der Waals surface area contributed by atoms with Crippen molar-refractivity contribution >= 4 is 21.9 Å². The molecule has 0 radical (unpaired) electrons. The first-order valence-corrected chi connectivity index (χ1v) is 5.11. The Balaban J connectivity index is 2.55. The first-order valence-electron chi connectivity index (χ1n) is 4.31. The normalized spacial score (nSPS) is 9.73. The van der Waals surface area contributed by atoms with E-state index in [1.807, 2.05) is 0 Å². The van der Waals surface area contributed by atoms with Gasteiger partial charge in [0.05, 0.1) is 24.6 Å². The predicted molar refractivity (Wildman–Crippen MR) is 58.4 cm³/mol. The fraction of sp³-hybridized carbons (Fsp3) is 0.300. The third-order valence-corrected chi connectivity index (χ3v) is 2.33. The second-order valence-electron chi connectivity index (χ2n) is 2.79. The van der Waals surface area contributed by atoms with Gasteiger partial charge in [-0.15, -0.1) is 0 Å². The number of ether oxygens (including phenoxy) is 2. The van der Waals surface area contributed by atoms with E-state index in [2.05, 4.69) is 15.9 Å². The second-order valence-corrected chi connectivity index (χ2v) is 3.64. The molecule has 0 aromatic heterocycles. The van der Waals surface area contributed by atoms with Gasteiger partial charge in [0.2, 0.25) is 0 Å². The summed E-state index contributed by atoms with van der Waals surface area (Å²) in [6, 6.07) is 5.21. The highest BCUT2D eigenvalue weighted by molar-refractivity contribution is 9.10. The predicted octanol–water partition coefficient (Wildman–Crippen LogP) is 2.31. The number of rotatable bonds is 5. The summed E-state index contributed by atoms with van der Waals surface area (Å²) in [4.78, 5) is 10.2. The molecule has 0 aliphatic rings. The lowest BCUT2D eigenvalue weighted by molar-refractivity contribution is -0.137. The van der Waals surface area contributed by atoms with Gasteiger partial charge in [0.15, 0.2) is 0 Å². The van der Waals surface area contributed by atoms with Crippen LogP contribution >= 0.6 is 15.9 Å². The van der Waals surface area contributed by atoms with Crippen molar-refractivity contribution in [2.24, 2.45) is 0 Å². The van der Waals surface area contributed by atoms with Crippen LogP contribution in [-0.2, 0) is 4.79 Å². The molecule has 0 aliphatic heterocycles. The minimum atomic E-state index is -0.873. The molecule has 0 saturated heterocycles. The molecule has 1 N–H and O–H groups in total. The van der Waals surface area contributed by atoms with Crippen LogP contribution in [0.3, 0.4) is 0 Å². The lowest BCUT2D eigenvalue weighted by Gasteiger charge is -2.07. The highest BCUT2D eigenvalue weighted by Crippen LogP contribution is 2.28. The van der Waals surface area contributed by atoms with Gasteiger partial charge in [-0.25, -0.2) is 0 Å². The Hall–Kier alpha value is -1.23. The molecular weight excluding hydrogens is 264 g/mol. The Morgan fingerprint density at radius 3 is 2.80 bits per heavy atom. The third kappa shape index (κ3) is 3.79. The van der Waals surface area contributed by atoms with Crippen LogP contribution in [0.25, 0.3) is 0 Å². The number of carbonyl (C=O) groups is 1. The van der Waals surface area contributed by atoms with Crippen molar-refractivity contribution in [2.75, 3.05) is 13.7 Å². The minimum Gasteiger partial charge on any atom is -0.496 e. The van der Waals surface area contributed by atoms with Gasteiger partial charge < -0.3 is 14.6 Å². The largest absolute Gasteiger partial charge is 0.496 e. The zero-order chi connectivity index (χ0) is 11.3. The van der Waals surface area contributed by atoms with Gasteiger partial charge in [0.1, 0.15) is 11.5 Å². The number of methoxy groups -OCH3 is 1. The SMILES string of the molecule is COc1ccc(OCCC(=O)O)cc1Br. The zero-order valence-corrected chi connectivity index (χ0v) is 9.78. The highest BCUT2D eigenvalue weighted by Gasteiger charge is 2.03. The van der Waals surface area contributed by atoms with E-state index in [-0.39, 0.29) is 13.0 Å². The van der Waals surface area contributed by atoms with Crippen molar-refractivity contribution in [2.45, 2.75) is 6.42 Å². The summed E-state index contributed by atoms with van der Waals surface area (Å²) in [5.74, 6) is 0.451. The van der Waals surface area contributed by atoms with Gasteiger partial charge in [0.25, 0.3) is 0 Å². The molecule has 0 heterocycles. The number of hydrogen-bond acceptors (Lipinski definition) is 3. The molecule has 0 atom stereocenters. The van der Waals surface area contributed by atoms with Crippen molar-refractivity contribution in [3.05, 3.63) is 22.7 Å². The van der Waals surface area contributed by atoms with Crippen molar-refractivity contribution in [3.8, 4) is 11.5 Å². The van der Waals surface area contributed by atoms with Crippen LogP contribution < -0.4 is 9.47 Å². The van der Waals surface area contributed by atoms with Crippen LogP contribution in [-0.4, -0.2) is 24.8 Å². The van der Waals surface area contributed by atoms with E-state index in [9.17, 15) is 4.79 Å². The molecule has 0 unspecified atom stereocenters. The molecule has 0 bridgehead atoms. The summed E-state index contributed by atoms with van der Waals surface area (Å²) < 4.78 is 11.1. The molecule has 1 aromatic carbocycles. The first kappa shape index (κ1) is 11.8. The van der Waals surface area contributed by atoms with Crippen LogP contribution in [0, 0.1) is 0 Å². The van der Waals surface area contributed by atoms with Gasteiger partial charge in [-0.1, -0.05) is 0 Å². The van der Waals surface area contributed by atoms with Crippen LogP contribution in [0.2, 0.25) is 0 Å². The Bertz CT molecular complexity index is 351. The highest BCUT2D eigenvalue weighted by atomic mass is 79.9. The monoisotopic (exact) mass is 274 g/mol. The number of aliphatic carboxylic acids is 1. The summed E-state index contributed by atoms with van der Waals surface area (Å²) in [5.41, 5.74) is 0. The van der Waals surface area contributed by atoms with Gasteiger partial charge in [-0.05, 0) is 34.1 Å². The summed E-state index contributed by atoms with van der Waals surface area (Å²) in [6.07, 6.45) is -0.0103. The van der Waals surface area contributed by atoms with E-state index in [4.69, 9.17) is 14.6 Å². The maximum atomic E-state index is 10.2. The second kappa shape index (κ2) is 5.60. The maximum absolute atomic E-state index is 10.2. The lowest BCUT2D eigenvalue weighted by atomic mass is 10.3. The summed E-state index contributed by atoms with van der Waals surface area (Å²) in [5, 5.41) is 8.42. The fourth-order valence-electron chi connectivity index (χ4n) is 0.993. The molecule has 0 aliphatic carbocycles. The van der Waals surface area contributed by atoms with E-state index in [1.54, 1.807) is 25.3 Å². The van der Waals surface area contributed by atoms with Crippen molar-refractivity contribution in [3.63, 3.8) is 0 Å². The van der Waals surface area contributed by atoms with E-state index < -0.39 is 5.97 Å². The minimum absolute atomic E-state index is 0.0103. The van der Waals surface area contributed by atoms with Crippen molar-refractivity contribution in [1.82, 2.24) is 0 Å². The van der Waals surface area contributed by atoms with Crippen molar-refractivity contribution in [1.29, 1.82) is 0 Å². The van der Waals surface area contributed by atoms with E-state index in [0.717, 1.165) is 4.47 Å². The molecule has 82 valence electrons. The fourth-order valence-corrected chi connectivity index (χ4v) is 1.51. The maximum Gasteiger partial charge on any atom is 0.306 e. The standard InChI is InChI=1S/C10H11BrO4/c1-14-9-3-2-7(6-8(9)11)15-5-4-10(12)13/h2-3,6H,4-5H2,1H3,(H,12,13). The molecule has 0 fully saturated rings. The van der Waals surface area contributed by atoms with E-state index >= 15 is 0 Å². The third-order valence-electron chi connectivity index (χ3n) is 1.71. The van der Waals surface area contributed by atoms with E-state index in [1.165, 1.54) is 0 Å². The van der Waals surface area contributed by atoms with Crippen LogP contribution in [0.5, 0.6) is 11.5 Å². The molecule has 0 saturated carbocycles. The summed E-state index contributed by atoms with van der Waals surface area (Å²) >= 11 is 3.31. The zero-order valence-electron chi connectivity index (χ0n) is 8.20. The molecule has 1 aromatic rings. The molecule has 0 spiro atoms. The van der Waals surface area contributed by atoms with E-state index in [0.29, 0.717) is 11.5 Å². The Morgan fingerprint density at radius 2 is 2.27 bits per heavy atom. The number of carboxylic acid groups (broad SMARTS) is 1. The molecule has 5 heteroatoms. The number of halogens is 1. The average molecular weight is 275 g/mol. The average Bonchev–Trinajstić information content (AvgIpc) is 2.17. The van der Waals surface area contributed by atoms with Gasteiger partial charge in [-0.3, -0.25) is 4.79 Å². The van der Waals surface area contributed by atoms with Gasteiger partial charge >= 0.3 is 5.97 Å². The molecule has 4 nitrogen and oxygen atoms in total. The van der Waals surface area contributed by atoms with Gasteiger partial charge in [0, 0.05) is 0 Å². The number of carboxylic acids is 1.